The molecule has 2 nitrogen and oxygen atoms in total. The average Bonchev–Trinajstić information content (AvgIpc) is 2.56. The Morgan fingerprint density at radius 2 is 1.89 bits per heavy atom. The van der Waals surface area contributed by atoms with E-state index in [-0.39, 0.29) is 17.4 Å². The summed E-state index contributed by atoms with van der Waals surface area (Å²) in [6, 6.07) is 2.89. The largest absolute Gasteiger partial charge is 0.497 e. The summed E-state index contributed by atoms with van der Waals surface area (Å²) in [6.07, 6.45) is 1.95. The molecule has 0 heterocycles. The molecule has 108 valence electrons. The van der Waals surface area contributed by atoms with Gasteiger partial charge < -0.3 is 9.47 Å². The van der Waals surface area contributed by atoms with Crippen molar-refractivity contribution in [2.75, 3.05) is 14.2 Å². The van der Waals surface area contributed by atoms with Gasteiger partial charge in [0, 0.05) is 12.9 Å². The van der Waals surface area contributed by atoms with Crippen LogP contribution in [-0.2, 0) is 5.41 Å². The van der Waals surface area contributed by atoms with Gasteiger partial charge in [-0.25, -0.2) is 0 Å². The molecule has 1 rings (SSSR count). The van der Waals surface area contributed by atoms with E-state index in [1.54, 1.807) is 0 Å². The average molecular weight is 270 g/mol. The third-order valence-corrected chi connectivity index (χ3v) is 3.03. The summed E-state index contributed by atoms with van der Waals surface area (Å²) in [6.45, 7) is -1.24. The highest BCUT2D eigenvalue weighted by Crippen LogP contribution is 2.34. The fraction of sp³-hybridized carbons (Fsp3) is 0.647. The minimum absolute atomic E-state index is 0.0926. The van der Waals surface area contributed by atoms with Gasteiger partial charge in [0.05, 0.1) is 15.6 Å². The summed E-state index contributed by atoms with van der Waals surface area (Å²) in [5, 5.41) is 0. The molecule has 0 amide bonds. The van der Waals surface area contributed by atoms with Crippen molar-refractivity contribution in [1.82, 2.24) is 0 Å². The Balaban J connectivity index is 3.57. The predicted octanol–water partition coefficient (Wildman–Crippen LogP) is 4.95. The van der Waals surface area contributed by atoms with Gasteiger partial charge in [0.15, 0.2) is 0 Å². The fourth-order valence-corrected chi connectivity index (χ4v) is 1.82. The number of methoxy groups -OCH3 is 2. The zero-order chi connectivity index (χ0) is 19.2. The van der Waals surface area contributed by atoms with Crippen molar-refractivity contribution >= 4 is 0 Å². The minimum Gasteiger partial charge on any atom is -0.497 e. The summed E-state index contributed by atoms with van der Waals surface area (Å²) < 4.78 is 59.6. The molecule has 0 N–H and O–H groups in total. The van der Waals surface area contributed by atoms with E-state index < -0.39 is 25.6 Å². The van der Waals surface area contributed by atoms with Crippen LogP contribution < -0.4 is 9.47 Å². The highest BCUT2D eigenvalue weighted by Gasteiger charge is 2.21. The Kier molecular flexibility index (Phi) is 3.47. The molecule has 0 fully saturated rings. The fourth-order valence-electron chi connectivity index (χ4n) is 1.82. The lowest BCUT2D eigenvalue weighted by molar-refractivity contribution is 0.386. The third-order valence-electron chi connectivity index (χ3n) is 3.03. The molecule has 1 unspecified atom stereocenters. The van der Waals surface area contributed by atoms with Gasteiger partial charge in [-0.2, -0.15) is 0 Å². The van der Waals surface area contributed by atoms with Crippen molar-refractivity contribution < 1.29 is 17.7 Å². The summed E-state index contributed by atoms with van der Waals surface area (Å²) in [5.41, 5.74) is -1.61. The maximum atomic E-state index is 8.56. The van der Waals surface area contributed by atoms with Crippen LogP contribution in [0, 0.1) is 0 Å². The van der Waals surface area contributed by atoms with Crippen LogP contribution in [0.5, 0.6) is 11.5 Å². The van der Waals surface area contributed by atoms with Crippen molar-refractivity contribution in [2.45, 2.75) is 58.2 Å². The third kappa shape index (κ3) is 4.77. The lowest BCUT2D eigenvalue weighted by Crippen LogP contribution is -2.17. The highest BCUT2D eigenvalue weighted by atomic mass is 16.5. The monoisotopic (exact) mass is 270 g/mol. The summed E-state index contributed by atoms with van der Waals surface area (Å²) in [5.74, 6) is 0.537. The molecule has 0 aliphatic carbocycles. The van der Waals surface area contributed by atoms with E-state index in [0.29, 0.717) is 12.2 Å². The number of unbranched alkanes of at least 4 members (excludes halogenated alkanes) is 2. The molecular weight excluding hydrogens is 236 g/mol. The molecule has 1 atom stereocenters. The lowest BCUT2D eigenvalue weighted by atomic mass is 9.80. The molecule has 1 aromatic rings. The topological polar surface area (TPSA) is 18.5 Å². The van der Waals surface area contributed by atoms with Crippen molar-refractivity contribution in [1.29, 1.82) is 0 Å². The Hall–Kier alpha value is -1.18. The van der Waals surface area contributed by atoms with Gasteiger partial charge in [-0.15, -0.1) is 0 Å². The first kappa shape index (κ1) is 8.89. The molecule has 0 saturated carbocycles. The van der Waals surface area contributed by atoms with E-state index >= 15 is 0 Å². The summed E-state index contributed by atoms with van der Waals surface area (Å²) in [4.78, 5) is 0. The Labute approximate surface area is 126 Å². The van der Waals surface area contributed by atoms with E-state index in [4.69, 9.17) is 17.7 Å². The SMILES string of the molecule is [2H]c1c(OC)cc(OC)cc1C(C([2H])[2H])(C([2H])[2H])C([2H])CCCCC. The molecule has 19 heavy (non-hydrogen) atoms. The highest BCUT2D eigenvalue weighted by molar-refractivity contribution is 5.41. The van der Waals surface area contributed by atoms with Crippen molar-refractivity contribution in [3.8, 4) is 11.5 Å². The van der Waals surface area contributed by atoms with E-state index in [1.807, 2.05) is 6.92 Å². The second kappa shape index (κ2) is 7.42. The van der Waals surface area contributed by atoms with Crippen LogP contribution in [0.3, 0.4) is 0 Å². The van der Waals surface area contributed by atoms with E-state index in [1.165, 1.54) is 26.4 Å². The Morgan fingerprint density at radius 3 is 2.47 bits per heavy atom. The zero-order valence-electron chi connectivity index (χ0n) is 18.0. The predicted molar refractivity (Wildman–Crippen MR) is 81.3 cm³/mol. The van der Waals surface area contributed by atoms with Crippen LogP contribution in [0.4, 0.5) is 0 Å². The number of hydrogen-bond acceptors (Lipinski definition) is 2. The van der Waals surface area contributed by atoms with Gasteiger partial charge in [0.1, 0.15) is 11.5 Å². The molecule has 0 aliphatic heterocycles. The number of rotatable bonds is 8. The van der Waals surface area contributed by atoms with E-state index in [9.17, 15) is 0 Å². The molecule has 0 radical (unpaired) electrons. The van der Waals surface area contributed by atoms with Crippen LogP contribution in [0.1, 0.15) is 66.5 Å². The lowest BCUT2D eigenvalue weighted by Gasteiger charge is -2.26. The van der Waals surface area contributed by atoms with Crippen LogP contribution in [0.25, 0.3) is 0 Å². The molecule has 0 bridgehead atoms. The normalized spacial score (nSPS) is 17.9. The first-order valence-electron chi connectivity index (χ1n) is 10.00. The van der Waals surface area contributed by atoms with Crippen LogP contribution in [-0.4, -0.2) is 14.2 Å². The van der Waals surface area contributed by atoms with Gasteiger partial charge in [-0.3, -0.25) is 0 Å². The zero-order valence-corrected chi connectivity index (χ0v) is 12.0. The number of benzene rings is 1. The molecule has 2 heteroatoms. The van der Waals surface area contributed by atoms with Crippen LogP contribution in [0.15, 0.2) is 18.2 Å². The maximum Gasteiger partial charge on any atom is 0.122 e. The Bertz CT molecular complexity index is 542. The number of hydrogen-bond donors (Lipinski definition) is 0. The summed E-state index contributed by atoms with van der Waals surface area (Å²) >= 11 is 0. The van der Waals surface area contributed by atoms with Crippen molar-refractivity contribution in [3.63, 3.8) is 0 Å². The maximum absolute atomic E-state index is 8.56. The van der Waals surface area contributed by atoms with Crippen LogP contribution in [0.2, 0.25) is 0 Å². The Morgan fingerprint density at radius 1 is 1.16 bits per heavy atom. The van der Waals surface area contributed by atoms with Gasteiger partial charge in [-0.1, -0.05) is 46.4 Å². The van der Waals surface area contributed by atoms with Crippen molar-refractivity contribution in [2.24, 2.45) is 0 Å². The van der Waals surface area contributed by atoms with E-state index in [2.05, 4.69) is 0 Å². The van der Waals surface area contributed by atoms with E-state index in [0.717, 1.165) is 19.3 Å². The second-order valence-electron chi connectivity index (χ2n) is 4.64. The van der Waals surface area contributed by atoms with Gasteiger partial charge in [0.2, 0.25) is 0 Å². The first-order chi connectivity index (χ1) is 11.8. The summed E-state index contributed by atoms with van der Waals surface area (Å²) in [7, 11) is 2.84. The molecule has 0 spiro atoms. The minimum atomic E-state index is -1.74. The van der Waals surface area contributed by atoms with Gasteiger partial charge in [-0.05, 0) is 29.5 Å². The smallest absolute Gasteiger partial charge is 0.122 e. The molecular formula is C17H28O2. The second-order valence-corrected chi connectivity index (χ2v) is 4.64. The van der Waals surface area contributed by atoms with Crippen molar-refractivity contribution in [3.05, 3.63) is 23.7 Å². The molecule has 0 saturated heterocycles. The molecule has 1 aromatic carbocycles. The number of ether oxygens (including phenoxy) is 2. The van der Waals surface area contributed by atoms with Crippen LogP contribution >= 0.6 is 0 Å². The van der Waals surface area contributed by atoms with Gasteiger partial charge in [0.25, 0.3) is 0 Å². The first-order valence-corrected chi connectivity index (χ1v) is 6.61. The standard InChI is InChI=1S/C17H28O2/c1-6-7-8-9-10-17(2,3)14-11-15(18-4)13-16(12-14)19-5/h11-13H,6-10H2,1-5H3/i2D2,3D2,10D,11D. The molecule has 0 aromatic heterocycles. The van der Waals surface area contributed by atoms with Gasteiger partial charge >= 0.3 is 0 Å². The molecule has 0 aliphatic rings. The quantitative estimate of drug-likeness (QED) is 0.622.